The normalized spacial score (nSPS) is 22.5. The molecule has 0 radical (unpaired) electrons. The van der Waals surface area contributed by atoms with Crippen molar-refractivity contribution in [1.29, 1.82) is 0 Å². The fraction of sp³-hybridized carbons (Fsp3) is 0.556. The van der Waals surface area contributed by atoms with Gasteiger partial charge in [0.25, 0.3) is 5.91 Å². The molecule has 1 unspecified atom stereocenters. The van der Waals surface area contributed by atoms with Crippen LogP contribution in [-0.2, 0) is 22.7 Å². The van der Waals surface area contributed by atoms with E-state index in [0.29, 0.717) is 17.0 Å². The molecule has 140 valence electrons. The van der Waals surface area contributed by atoms with Crippen LogP contribution in [0.1, 0.15) is 53.0 Å². The van der Waals surface area contributed by atoms with Crippen LogP contribution in [0, 0.1) is 0 Å². The van der Waals surface area contributed by atoms with E-state index in [1.54, 1.807) is 0 Å². The molecule has 2 aliphatic rings. The van der Waals surface area contributed by atoms with Gasteiger partial charge in [0, 0.05) is 17.1 Å². The number of thiophene rings is 1. The number of nitrogens with two attached hydrogens (primary N) is 1. The summed E-state index contributed by atoms with van der Waals surface area (Å²) in [4.78, 5) is 18.7. The molecule has 6 nitrogen and oxygen atoms in total. The standard InChI is InChI=1S/C18H23N3O3S2/c19-15-13-9-11-5-3-1-2-4-6-14(11)21-18(13)25-16(15)17(22)20-12-7-8-26(23,24)10-12/h9,12H,1-8,10,19H2,(H,20,22). The molecule has 8 heteroatoms. The van der Waals surface area contributed by atoms with E-state index in [2.05, 4.69) is 11.4 Å². The smallest absolute Gasteiger partial charge is 0.263 e. The maximum Gasteiger partial charge on any atom is 0.263 e. The largest absolute Gasteiger partial charge is 0.397 e. The molecule has 1 aliphatic heterocycles. The van der Waals surface area contributed by atoms with Crippen molar-refractivity contribution in [2.24, 2.45) is 0 Å². The minimum absolute atomic E-state index is 0.0100. The van der Waals surface area contributed by atoms with Gasteiger partial charge in [-0.2, -0.15) is 0 Å². The van der Waals surface area contributed by atoms with E-state index < -0.39 is 9.84 Å². The number of hydrogen-bond acceptors (Lipinski definition) is 6. The maximum atomic E-state index is 12.6. The Balaban J connectivity index is 1.63. The van der Waals surface area contributed by atoms with Crippen molar-refractivity contribution >= 4 is 43.0 Å². The number of carbonyl (C=O) groups is 1. The topological polar surface area (TPSA) is 102 Å². The van der Waals surface area contributed by atoms with Crippen LogP contribution < -0.4 is 11.1 Å². The van der Waals surface area contributed by atoms with E-state index >= 15 is 0 Å². The van der Waals surface area contributed by atoms with Crippen molar-refractivity contribution in [2.75, 3.05) is 17.2 Å². The third-order valence-electron chi connectivity index (χ3n) is 5.27. The first kappa shape index (κ1) is 17.7. The minimum atomic E-state index is -3.03. The SMILES string of the molecule is Nc1c(C(=O)NC2CCS(=O)(=O)C2)sc2nc3c(cc12)CCCCCC3. The monoisotopic (exact) mass is 393 g/mol. The molecule has 0 bridgehead atoms. The molecular weight excluding hydrogens is 370 g/mol. The lowest BCUT2D eigenvalue weighted by atomic mass is 9.96. The summed E-state index contributed by atoms with van der Waals surface area (Å²) in [5, 5.41) is 3.67. The Labute approximate surface area is 157 Å². The highest BCUT2D eigenvalue weighted by Crippen LogP contribution is 2.35. The molecule has 1 amide bonds. The zero-order valence-corrected chi connectivity index (χ0v) is 16.2. The number of aromatic nitrogens is 1. The van der Waals surface area contributed by atoms with Crippen LogP contribution in [0.2, 0.25) is 0 Å². The van der Waals surface area contributed by atoms with E-state index in [1.165, 1.54) is 29.7 Å². The van der Waals surface area contributed by atoms with Crippen LogP contribution in [0.15, 0.2) is 6.07 Å². The highest BCUT2D eigenvalue weighted by molar-refractivity contribution is 7.91. The summed E-state index contributed by atoms with van der Waals surface area (Å²) in [6, 6.07) is 1.77. The fourth-order valence-corrected chi connectivity index (χ4v) is 6.51. The second-order valence-corrected chi connectivity index (χ2v) is 10.5. The lowest BCUT2D eigenvalue weighted by molar-refractivity contribution is 0.0946. The predicted octanol–water partition coefficient (Wildman–Crippen LogP) is 2.45. The minimum Gasteiger partial charge on any atom is -0.397 e. The Bertz CT molecular complexity index is 966. The number of anilines is 1. The third kappa shape index (κ3) is 3.44. The zero-order chi connectivity index (χ0) is 18.3. The number of carbonyl (C=O) groups excluding carboxylic acids is 1. The Morgan fingerprint density at radius 3 is 2.73 bits per heavy atom. The lowest BCUT2D eigenvalue weighted by Gasteiger charge is -2.12. The van der Waals surface area contributed by atoms with Crippen molar-refractivity contribution in [1.82, 2.24) is 10.3 Å². The van der Waals surface area contributed by atoms with Crippen LogP contribution in [0.25, 0.3) is 10.2 Å². The zero-order valence-electron chi connectivity index (χ0n) is 14.6. The summed E-state index contributed by atoms with van der Waals surface area (Å²) in [6.45, 7) is 0. The van der Waals surface area contributed by atoms with Crippen molar-refractivity contribution in [2.45, 2.75) is 51.0 Å². The second kappa shape index (κ2) is 6.81. The Morgan fingerprint density at radius 2 is 2.00 bits per heavy atom. The number of nitrogen functional groups attached to an aromatic ring is 1. The maximum absolute atomic E-state index is 12.6. The van der Waals surface area contributed by atoms with Crippen LogP contribution in [0.5, 0.6) is 0 Å². The number of sulfone groups is 1. The lowest BCUT2D eigenvalue weighted by Crippen LogP contribution is -2.35. The molecular formula is C18H23N3O3S2. The van der Waals surface area contributed by atoms with Crippen molar-refractivity contribution in [3.8, 4) is 0 Å². The molecule has 2 aromatic rings. The first-order valence-corrected chi connectivity index (χ1v) is 11.8. The number of aryl methyl sites for hydroxylation is 2. The number of amides is 1. The van der Waals surface area contributed by atoms with Gasteiger partial charge in [-0.25, -0.2) is 13.4 Å². The van der Waals surface area contributed by atoms with Gasteiger partial charge in [-0.3, -0.25) is 4.79 Å². The number of nitrogens with zero attached hydrogens (tertiary/aromatic N) is 1. The van der Waals surface area contributed by atoms with Gasteiger partial charge in [0.05, 0.1) is 17.2 Å². The summed E-state index contributed by atoms with van der Waals surface area (Å²) in [5.41, 5.74) is 9.10. The third-order valence-corrected chi connectivity index (χ3v) is 8.16. The van der Waals surface area contributed by atoms with Crippen LogP contribution in [0.3, 0.4) is 0 Å². The van der Waals surface area contributed by atoms with E-state index in [-0.39, 0.29) is 23.5 Å². The van der Waals surface area contributed by atoms with E-state index in [9.17, 15) is 13.2 Å². The number of pyridine rings is 1. The average Bonchev–Trinajstić information content (AvgIpc) is 3.07. The highest BCUT2D eigenvalue weighted by Gasteiger charge is 2.30. The highest BCUT2D eigenvalue weighted by atomic mass is 32.2. The summed E-state index contributed by atoms with van der Waals surface area (Å²) in [5.74, 6) is -0.149. The fourth-order valence-electron chi connectivity index (χ4n) is 3.84. The Morgan fingerprint density at radius 1 is 1.23 bits per heavy atom. The Hall–Kier alpha value is -1.67. The number of hydrogen-bond donors (Lipinski definition) is 2. The molecule has 1 fully saturated rings. The van der Waals surface area contributed by atoms with Gasteiger partial charge in [-0.1, -0.05) is 12.8 Å². The molecule has 3 N–H and O–H groups in total. The van der Waals surface area contributed by atoms with Crippen molar-refractivity contribution in [3.05, 3.63) is 22.2 Å². The molecule has 1 atom stereocenters. The van der Waals surface area contributed by atoms with E-state index in [1.807, 2.05) is 0 Å². The number of rotatable bonds is 2. The van der Waals surface area contributed by atoms with Crippen LogP contribution >= 0.6 is 11.3 Å². The average molecular weight is 394 g/mol. The van der Waals surface area contributed by atoms with Crippen molar-refractivity contribution < 1.29 is 13.2 Å². The van der Waals surface area contributed by atoms with Crippen LogP contribution in [-0.4, -0.2) is 36.9 Å². The molecule has 0 spiro atoms. The van der Waals surface area contributed by atoms with Crippen molar-refractivity contribution in [3.63, 3.8) is 0 Å². The summed E-state index contributed by atoms with van der Waals surface area (Å²) in [7, 11) is -3.03. The van der Waals surface area contributed by atoms with Gasteiger partial charge in [-0.15, -0.1) is 11.3 Å². The van der Waals surface area contributed by atoms with Gasteiger partial charge in [0.2, 0.25) is 0 Å². The molecule has 4 rings (SSSR count). The van der Waals surface area contributed by atoms with E-state index in [0.717, 1.165) is 41.6 Å². The molecule has 3 heterocycles. The van der Waals surface area contributed by atoms with Gasteiger partial charge < -0.3 is 11.1 Å². The van der Waals surface area contributed by atoms with Gasteiger partial charge in [0.1, 0.15) is 9.71 Å². The predicted molar refractivity (Wildman–Crippen MR) is 104 cm³/mol. The second-order valence-electron chi connectivity index (χ2n) is 7.28. The molecule has 1 saturated heterocycles. The first-order valence-electron chi connectivity index (χ1n) is 9.15. The summed E-state index contributed by atoms with van der Waals surface area (Å²) < 4.78 is 23.2. The number of nitrogens with one attached hydrogen (secondary N) is 1. The van der Waals surface area contributed by atoms with Gasteiger partial charge in [0.15, 0.2) is 9.84 Å². The quantitative estimate of drug-likeness (QED) is 0.816. The molecule has 1 aliphatic carbocycles. The van der Waals surface area contributed by atoms with Gasteiger partial charge in [-0.05, 0) is 43.7 Å². The Kier molecular flexibility index (Phi) is 4.64. The number of fused-ring (bicyclic) bond motifs is 2. The molecule has 0 aromatic carbocycles. The molecule has 26 heavy (non-hydrogen) atoms. The summed E-state index contributed by atoms with van der Waals surface area (Å²) >= 11 is 1.30. The summed E-state index contributed by atoms with van der Waals surface area (Å²) in [6.07, 6.45) is 7.24. The van der Waals surface area contributed by atoms with Crippen LogP contribution in [0.4, 0.5) is 5.69 Å². The molecule has 2 aromatic heterocycles. The van der Waals surface area contributed by atoms with Gasteiger partial charge >= 0.3 is 0 Å². The molecule has 0 saturated carbocycles. The first-order chi connectivity index (χ1) is 12.4. The van der Waals surface area contributed by atoms with E-state index in [4.69, 9.17) is 10.7 Å².